The molecule has 2 aromatic rings. The molecule has 0 saturated carbocycles. The molecule has 5 heteroatoms. The van der Waals surface area contributed by atoms with Crippen molar-refractivity contribution in [3.8, 4) is 17.2 Å². The van der Waals surface area contributed by atoms with Crippen molar-refractivity contribution in [2.75, 3.05) is 27.9 Å². The van der Waals surface area contributed by atoms with E-state index in [4.69, 9.17) is 14.2 Å². The smallest absolute Gasteiger partial charge is 0.223 e. The molecule has 0 radical (unpaired) electrons. The molecule has 0 aromatic heterocycles. The molecule has 144 valence electrons. The Kier molecular flexibility index (Phi) is 6.22. The van der Waals surface area contributed by atoms with Crippen molar-refractivity contribution in [2.45, 2.75) is 31.7 Å². The Hall–Kier alpha value is -2.69. The Bertz CT molecular complexity index is 790. The minimum Gasteiger partial charge on any atom is -0.497 e. The van der Waals surface area contributed by atoms with E-state index < -0.39 is 0 Å². The van der Waals surface area contributed by atoms with Crippen LogP contribution >= 0.6 is 0 Å². The molecule has 1 aliphatic rings. The number of nitrogens with zero attached hydrogens (tertiary/aromatic N) is 1. The van der Waals surface area contributed by atoms with Crippen LogP contribution in [0, 0.1) is 0 Å². The molecule has 1 aliphatic heterocycles. The minimum absolute atomic E-state index is 0.0589. The summed E-state index contributed by atoms with van der Waals surface area (Å²) in [6.07, 6.45) is 3.15. The monoisotopic (exact) mass is 369 g/mol. The topological polar surface area (TPSA) is 48.0 Å². The van der Waals surface area contributed by atoms with Gasteiger partial charge in [0, 0.05) is 24.6 Å². The van der Waals surface area contributed by atoms with Crippen molar-refractivity contribution in [1.82, 2.24) is 4.90 Å². The summed E-state index contributed by atoms with van der Waals surface area (Å²) in [6, 6.07) is 13.8. The molecule has 27 heavy (non-hydrogen) atoms. The molecule has 0 N–H and O–H groups in total. The maximum absolute atomic E-state index is 12.9. The van der Waals surface area contributed by atoms with Gasteiger partial charge in [0.05, 0.1) is 27.4 Å². The lowest BCUT2D eigenvalue weighted by atomic mass is 10.0. The van der Waals surface area contributed by atoms with Crippen molar-refractivity contribution in [2.24, 2.45) is 0 Å². The normalized spacial score (nSPS) is 16.3. The number of amides is 1. The lowest BCUT2D eigenvalue weighted by molar-refractivity contribution is -0.132. The number of carbonyl (C=O) groups excluding carboxylic acids is 1. The Morgan fingerprint density at radius 2 is 1.81 bits per heavy atom. The number of carbonyl (C=O) groups is 1. The molecular weight excluding hydrogens is 342 g/mol. The number of rotatable bonds is 7. The van der Waals surface area contributed by atoms with Crippen LogP contribution in [0.5, 0.6) is 17.2 Å². The van der Waals surface area contributed by atoms with Crippen LogP contribution in [0.15, 0.2) is 42.5 Å². The summed E-state index contributed by atoms with van der Waals surface area (Å²) >= 11 is 0. The van der Waals surface area contributed by atoms with Crippen LogP contribution in [0.4, 0.5) is 0 Å². The lowest BCUT2D eigenvalue weighted by Gasteiger charge is -2.26. The maximum Gasteiger partial charge on any atom is 0.223 e. The van der Waals surface area contributed by atoms with E-state index in [1.807, 2.05) is 47.4 Å². The predicted molar refractivity (Wildman–Crippen MR) is 105 cm³/mol. The van der Waals surface area contributed by atoms with Gasteiger partial charge in [-0.25, -0.2) is 0 Å². The number of aryl methyl sites for hydroxylation is 1. The molecule has 1 atom stereocenters. The van der Waals surface area contributed by atoms with E-state index >= 15 is 0 Å². The largest absolute Gasteiger partial charge is 0.497 e. The molecule has 1 amide bonds. The molecule has 2 aromatic carbocycles. The zero-order valence-electron chi connectivity index (χ0n) is 16.2. The van der Waals surface area contributed by atoms with Crippen LogP contribution in [-0.2, 0) is 11.2 Å². The number of hydrogen-bond acceptors (Lipinski definition) is 4. The van der Waals surface area contributed by atoms with Crippen molar-refractivity contribution >= 4 is 5.91 Å². The number of ether oxygens (including phenoxy) is 3. The summed E-state index contributed by atoms with van der Waals surface area (Å²) in [7, 11) is 4.95. The number of methoxy groups -OCH3 is 3. The van der Waals surface area contributed by atoms with Crippen LogP contribution in [0.3, 0.4) is 0 Å². The molecule has 0 unspecified atom stereocenters. The van der Waals surface area contributed by atoms with E-state index in [9.17, 15) is 4.79 Å². The van der Waals surface area contributed by atoms with E-state index in [-0.39, 0.29) is 11.9 Å². The van der Waals surface area contributed by atoms with E-state index in [1.165, 1.54) is 0 Å². The van der Waals surface area contributed by atoms with Crippen molar-refractivity contribution in [1.29, 1.82) is 0 Å². The Labute approximate surface area is 160 Å². The fourth-order valence-corrected chi connectivity index (χ4v) is 3.71. The molecular formula is C22H27NO4. The summed E-state index contributed by atoms with van der Waals surface area (Å²) in [5.74, 6) is 2.52. The SMILES string of the molecule is COc1cccc(CCC(=O)N2CCC[C@H]2c2ccc(OC)cc2OC)c1. The summed E-state index contributed by atoms with van der Waals surface area (Å²) in [5, 5.41) is 0. The zero-order valence-corrected chi connectivity index (χ0v) is 16.2. The Morgan fingerprint density at radius 1 is 1.04 bits per heavy atom. The first-order valence-electron chi connectivity index (χ1n) is 9.30. The summed E-state index contributed by atoms with van der Waals surface area (Å²) < 4.78 is 16.1. The number of benzene rings is 2. The Morgan fingerprint density at radius 3 is 2.56 bits per heavy atom. The van der Waals surface area contributed by atoms with Gasteiger partial charge < -0.3 is 19.1 Å². The van der Waals surface area contributed by atoms with Crippen LogP contribution in [-0.4, -0.2) is 38.7 Å². The minimum atomic E-state index is 0.0589. The number of hydrogen-bond donors (Lipinski definition) is 0. The lowest BCUT2D eigenvalue weighted by Crippen LogP contribution is -2.30. The molecule has 0 aliphatic carbocycles. The van der Waals surface area contributed by atoms with Gasteiger partial charge in [-0.1, -0.05) is 12.1 Å². The highest BCUT2D eigenvalue weighted by Crippen LogP contribution is 2.39. The summed E-state index contributed by atoms with van der Waals surface area (Å²) in [6.45, 7) is 0.788. The van der Waals surface area contributed by atoms with Gasteiger partial charge in [0.25, 0.3) is 0 Å². The first-order chi connectivity index (χ1) is 13.2. The van der Waals surface area contributed by atoms with Crippen LogP contribution in [0.1, 0.15) is 36.4 Å². The van der Waals surface area contributed by atoms with Gasteiger partial charge in [0.15, 0.2) is 0 Å². The first-order valence-corrected chi connectivity index (χ1v) is 9.30. The second-order valence-electron chi connectivity index (χ2n) is 6.70. The van der Waals surface area contributed by atoms with Crippen molar-refractivity contribution in [3.63, 3.8) is 0 Å². The molecule has 5 nitrogen and oxygen atoms in total. The van der Waals surface area contributed by atoms with Gasteiger partial charge in [-0.2, -0.15) is 0 Å². The van der Waals surface area contributed by atoms with E-state index in [2.05, 4.69) is 0 Å². The highest BCUT2D eigenvalue weighted by molar-refractivity contribution is 5.77. The maximum atomic E-state index is 12.9. The Balaban J connectivity index is 1.71. The second-order valence-corrected chi connectivity index (χ2v) is 6.70. The zero-order chi connectivity index (χ0) is 19.2. The van der Waals surface area contributed by atoms with Gasteiger partial charge >= 0.3 is 0 Å². The fraction of sp³-hybridized carbons (Fsp3) is 0.409. The third kappa shape index (κ3) is 4.35. The van der Waals surface area contributed by atoms with E-state index in [0.717, 1.165) is 47.8 Å². The van der Waals surface area contributed by atoms with Crippen LogP contribution < -0.4 is 14.2 Å². The summed E-state index contributed by atoms with van der Waals surface area (Å²) in [4.78, 5) is 14.9. The number of likely N-dealkylation sites (tertiary alicyclic amines) is 1. The van der Waals surface area contributed by atoms with Gasteiger partial charge in [-0.05, 0) is 49.1 Å². The van der Waals surface area contributed by atoms with E-state index in [0.29, 0.717) is 12.8 Å². The molecule has 0 bridgehead atoms. The van der Waals surface area contributed by atoms with Gasteiger partial charge in [0.2, 0.25) is 5.91 Å². The average Bonchev–Trinajstić information content (AvgIpc) is 3.21. The van der Waals surface area contributed by atoms with Crippen LogP contribution in [0.2, 0.25) is 0 Å². The molecule has 1 fully saturated rings. The quantitative estimate of drug-likeness (QED) is 0.740. The van der Waals surface area contributed by atoms with Gasteiger partial charge in [-0.3, -0.25) is 4.79 Å². The van der Waals surface area contributed by atoms with Crippen molar-refractivity contribution in [3.05, 3.63) is 53.6 Å². The highest BCUT2D eigenvalue weighted by Gasteiger charge is 2.31. The standard InChI is InChI=1S/C22H27NO4/c1-25-17-7-4-6-16(14-17)9-12-22(24)23-13-5-8-20(23)19-11-10-18(26-2)15-21(19)27-3/h4,6-7,10-11,14-15,20H,5,8-9,12-13H2,1-3H3/t20-/m0/s1. The van der Waals surface area contributed by atoms with Gasteiger partial charge in [0.1, 0.15) is 17.2 Å². The third-order valence-electron chi connectivity index (χ3n) is 5.13. The van der Waals surface area contributed by atoms with Gasteiger partial charge in [-0.15, -0.1) is 0 Å². The molecule has 0 spiro atoms. The molecule has 1 saturated heterocycles. The third-order valence-corrected chi connectivity index (χ3v) is 5.13. The van der Waals surface area contributed by atoms with E-state index in [1.54, 1.807) is 21.3 Å². The average molecular weight is 369 g/mol. The highest BCUT2D eigenvalue weighted by atomic mass is 16.5. The fourth-order valence-electron chi connectivity index (χ4n) is 3.71. The summed E-state index contributed by atoms with van der Waals surface area (Å²) in [5.41, 5.74) is 2.16. The van der Waals surface area contributed by atoms with Crippen LogP contribution in [0.25, 0.3) is 0 Å². The van der Waals surface area contributed by atoms with Crippen molar-refractivity contribution < 1.29 is 19.0 Å². The molecule has 1 heterocycles. The first kappa shape index (κ1) is 19.1. The second kappa shape index (κ2) is 8.80. The predicted octanol–water partition coefficient (Wildman–Crippen LogP) is 4.01. The molecule has 3 rings (SSSR count).